The summed E-state index contributed by atoms with van der Waals surface area (Å²) in [6, 6.07) is 6.20. The SMILES string of the molecule is COC[C@@]12CCCO[C@@H]1CCN(CCc1ccc(OC)c(OC)c1)C2. The molecule has 2 heterocycles. The summed E-state index contributed by atoms with van der Waals surface area (Å²) in [5.41, 5.74) is 1.45. The van der Waals surface area contributed by atoms with Crippen LogP contribution in [-0.4, -0.2) is 65.2 Å². The first kappa shape index (κ1) is 18.5. The van der Waals surface area contributed by atoms with Crippen molar-refractivity contribution < 1.29 is 18.9 Å². The number of rotatable bonds is 7. The van der Waals surface area contributed by atoms with Crippen LogP contribution in [0.4, 0.5) is 0 Å². The molecule has 0 aliphatic carbocycles. The molecule has 1 aromatic rings. The van der Waals surface area contributed by atoms with Crippen molar-refractivity contribution in [1.82, 2.24) is 4.90 Å². The summed E-state index contributed by atoms with van der Waals surface area (Å²) < 4.78 is 22.4. The Labute approximate surface area is 151 Å². The molecular weight excluding hydrogens is 318 g/mol. The van der Waals surface area contributed by atoms with Crippen LogP contribution in [0.3, 0.4) is 0 Å². The van der Waals surface area contributed by atoms with Crippen LogP contribution in [0, 0.1) is 5.41 Å². The Balaban J connectivity index is 1.62. The van der Waals surface area contributed by atoms with E-state index in [1.54, 1.807) is 14.2 Å². The standard InChI is InChI=1S/C20H31NO4/c1-22-15-20-9-4-12-25-19(20)8-11-21(14-20)10-7-16-5-6-17(23-2)18(13-16)24-3/h5-6,13,19H,4,7-12,14-15H2,1-3H3/t19-,20+/m1/s1. The fourth-order valence-electron chi connectivity index (χ4n) is 4.39. The van der Waals surface area contributed by atoms with E-state index in [1.807, 2.05) is 13.2 Å². The molecule has 140 valence electrons. The lowest BCUT2D eigenvalue weighted by Crippen LogP contribution is -2.57. The highest BCUT2D eigenvalue weighted by Gasteiger charge is 2.45. The lowest BCUT2D eigenvalue weighted by Gasteiger charge is -2.50. The molecular formula is C20H31NO4. The molecule has 5 nitrogen and oxygen atoms in total. The third-order valence-corrected chi connectivity index (χ3v) is 5.66. The Morgan fingerprint density at radius 2 is 2.04 bits per heavy atom. The predicted molar refractivity (Wildman–Crippen MR) is 97.6 cm³/mol. The van der Waals surface area contributed by atoms with Crippen LogP contribution in [0.2, 0.25) is 0 Å². The molecule has 2 saturated heterocycles. The average molecular weight is 349 g/mol. The van der Waals surface area contributed by atoms with Gasteiger partial charge in [0.1, 0.15) is 0 Å². The van der Waals surface area contributed by atoms with Crippen LogP contribution in [0.15, 0.2) is 18.2 Å². The quantitative estimate of drug-likeness (QED) is 0.757. The van der Waals surface area contributed by atoms with Crippen molar-refractivity contribution >= 4 is 0 Å². The van der Waals surface area contributed by atoms with Gasteiger partial charge in [0.05, 0.1) is 26.9 Å². The van der Waals surface area contributed by atoms with Crippen LogP contribution in [-0.2, 0) is 15.9 Å². The van der Waals surface area contributed by atoms with Gasteiger partial charge in [0.15, 0.2) is 11.5 Å². The lowest BCUT2D eigenvalue weighted by atomic mass is 9.73. The van der Waals surface area contributed by atoms with Crippen LogP contribution < -0.4 is 9.47 Å². The summed E-state index contributed by atoms with van der Waals surface area (Å²) in [6.07, 6.45) is 4.82. The maximum absolute atomic E-state index is 6.07. The first-order valence-corrected chi connectivity index (χ1v) is 9.24. The number of hydrogen-bond donors (Lipinski definition) is 0. The van der Waals surface area contributed by atoms with Gasteiger partial charge in [-0.1, -0.05) is 6.07 Å². The van der Waals surface area contributed by atoms with Gasteiger partial charge < -0.3 is 23.8 Å². The Morgan fingerprint density at radius 1 is 1.20 bits per heavy atom. The van der Waals surface area contributed by atoms with E-state index in [1.165, 1.54) is 12.0 Å². The number of piperidine rings is 1. The minimum absolute atomic E-state index is 0.169. The molecule has 2 aliphatic heterocycles. The van der Waals surface area contributed by atoms with Gasteiger partial charge in [-0.05, 0) is 43.4 Å². The van der Waals surface area contributed by atoms with E-state index < -0.39 is 0 Å². The maximum Gasteiger partial charge on any atom is 0.160 e. The van der Waals surface area contributed by atoms with Crippen molar-refractivity contribution in [3.8, 4) is 11.5 Å². The zero-order chi connectivity index (χ0) is 17.7. The van der Waals surface area contributed by atoms with Gasteiger partial charge in [-0.2, -0.15) is 0 Å². The van der Waals surface area contributed by atoms with Crippen molar-refractivity contribution in [3.63, 3.8) is 0 Å². The van der Waals surface area contributed by atoms with Crippen molar-refractivity contribution in [1.29, 1.82) is 0 Å². The minimum Gasteiger partial charge on any atom is -0.493 e. The van der Waals surface area contributed by atoms with E-state index in [0.29, 0.717) is 6.10 Å². The molecule has 0 unspecified atom stereocenters. The normalized spacial score (nSPS) is 26.9. The smallest absolute Gasteiger partial charge is 0.160 e. The highest BCUT2D eigenvalue weighted by molar-refractivity contribution is 5.42. The third-order valence-electron chi connectivity index (χ3n) is 5.66. The van der Waals surface area contributed by atoms with E-state index in [0.717, 1.165) is 63.6 Å². The minimum atomic E-state index is 0.169. The van der Waals surface area contributed by atoms with Crippen LogP contribution in [0.25, 0.3) is 0 Å². The van der Waals surface area contributed by atoms with Gasteiger partial charge in [0.25, 0.3) is 0 Å². The van der Waals surface area contributed by atoms with Gasteiger partial charge in [-0.3, -0.25) is 0 Å². The van der Waals surface area contributed by atoms with E-state index in [4.69, 9.17) is 18.9 Å². The molecule has 25 heavy (non-hydrogen) atoms. The Hall–Kier alpha value is -1.30. The summed E-state index contributed by atoms with van der Waals surface area (Å²) in [4.78, 5) is 2.57. The number of methoxy groups -OCH3 is 3. The Kier molecular flexibility index (Phi) is 6.20. The fourth-order valence-corrected chi connectivity index (χ4v) is 4.39. The summed E-state index contributed by atoms with van der Waals surface area (Å²) in [5, 5.41) is 0. The molecule has 2 fully saturated rings. The van der Waals surface area contributed by atoms with Crippen molar-refractivity contribution in [3.05, 3.63) is 23.8 Å². The lowest BCUT2D eigenvalue weighted by molar-refractivity contribution is -0.148. The second-order valence-corrected chi connectivity index (χ2v) is 7.26. The van der Waals surface area contributed by atoms with Gasteiger partial charge in [-0.25, -0.2) is 0 Å². The molecule has 0 aromatic heterocycles. The topological polar surface area (TPSA) is 40.2 Å². The largest absolute Gasteiger partial charge is 0.493 e. The molecule has 3 rings (SSSR count). The predicted octanol–water partition coefficient (Wildman–Crippen LogP) is 2.76. The van der Waals surface area contributed by atoms with E-state index in [2.05, 4.69) is 17.0 Å². The molecule has 5 heteroatoms. The number of nitrogens with zero attached hydrogens (tertiary/aromatic N) is 1. The van der Waals surface area contributed by atoms with Gasteiger partial charge in [-0.15, -0.1) is 0 Å². The van der Waals surface area contributed by atoms with Crippen molar-refractivity contribution in [2.24, 2.45) is 5.41 Å². The fraction of sp³-hybridized carbons (Fsp3) is 0.700. The summed E-state index contributed by atoms with van der Waals surface area (Å²) >= 11 is 0. The first-order valence-electron chi connectivity index (χ1n) is 9.24. The highest BCUT2D eigenvalue weighted by atomic mass is 16.5. The van der Waals surface area contributed by atoms with Crippen molar-refractivity contribution in [2.45, 2.75) is 31.8 Å². The first-order chi connectivity index (χ1) is 12.2. The van der Waals surface area contributed by atoms with Gasteiger partial charge >= 0.3 is 0 Å². The molecule has 0 radical (unpaired) electrons. The zero-order valence-electron chi connectivity index (χ0n) is 15.8. The molecule has 0 bridgehead atoms. The molecule has 1 aromatic carbocycles. The summed E-state index contributed by atoms with van der Waals surface area (Å²) in [6.45, 7) is 4.92. The van der Waals surface area contributed by atoms with Crippen LogP contribution >= 0.6 is 0 Å². The second kappa shape index (κ2) is 8.39. The highest BCUT2D eigenvalue weighted by Crippen LogP contribution is 2.40. The number of hydrogen-bond acceptors (Lipinski definition) is 5. The Morgan fingerprint density at radius 3 is 2.80 bits per heavy atom. The zero-order valence-corrected chi connectivity index (χ0v) is 15.8. The molecule has 0 N–H and O–H groups in total. The molecule has 0 amide bonds. The number of benzene rings is 1. The average Bonchev–Trinajstić information content (AvgIpc) is 2.65. The number of fused-ring (bicyclic) bond motifs is 1. The van der Waals surface area contributed by atoms with E-state index in [9.17, 15) is 0 Å². The number of likely N-dealkylation sites (tertiary alicyclic amines) is 1. The Bertz CT molecular complexity index is 561. The summed E-state index contributed by atoms with van der Waals surface area (Å²) in [5.74, 6) is 1.58. The monoisotopic (exact) mass is 349 g/mol. The second-order valence-electron chi connectivity index (χ2n) is 7.26. The van der Waals surface area contributed by atoms with Crippen molar-refractivity contribution in [2.75, 3.05) is 54.2 Å². The molecule has 2 aliphatic rings. The molecule has 0 saturated carbocycles. The third kappa shape index (κ3) is 4.10. The summed E-state index contributed by atoms with van der Waals surface area (Å²) in [7, 11) is 5.16. The molecule has 0 spiro atoms. The van der Waals surface area contributed by atoms with Crippen LogP contribution in [0.5, 0.6) is 11.5 Å². The van der Waals surface area contributed by atoms with E-state index in [-0.39, 0.29) is 5.41 Å². The van der Waals surface area contributed by atoms with Gasteiger partial charge in [0, 0.05) is 38.8 Å². The number of ether oxygens (including phenoxy) is 4. The van der Waals surface area contributed by atoms with Crippen LogP contribution in [0.1, 0.15) is 24.8 Å². The maximum atomic E-state index is 6.07. The molecule has 2 atom stereocenters. The van der Waals surface area contributed by atoms with E-state index >= 15 is 0 Å². The van der Waals surface area contributed by atoms with Gasteiger partial charge in [0.2, 0.25) is 0 Å².